The third-order valence-electron chi connectivity index (χ3n) is 4.42. The number of rotatable bonds is 6. The number of nitrogens with zero attached hydrogens (tertiary/aromatic N) is 4. The number of nitrogens with one attached hydrogen (secondary N) is 2. The Morgan fingerprint density at radius 3 is 2.63 bits per heavy atom. The molecular formula is C21H22N6. The van der Waals surface area contributed by atoms with Crippen LogP contribution in [0.2, 0.25) is 0 Å². The average Bonchev–Trinajstić information content (AvgIpc) is 3.28. The molecule has 0 amide bonds. The van der Waals surface area contributed by atoms with Crippen LogP contribution in [0.3, 0.4) is 0 Å². The quantitative estimate of drug-likeness (QED) is 0.545. The van der Waals surface area contributed by atoms with E-state index >= 15 is 0 Å². The lowest BCUT2D eigenvalue weighted by molar-refractivity contribution is 0.730. The molecule has 6 heteroatoms. The van der Waals surface area contributed by atoms with Crippen molar-refractivity contribution >= 4 is 5.82 Å². The maximum absolute atomic E-state index is 4.68. The molecule has 0 fully saturated rings. The summed E-state index contributed by atoms with van der Waals surface area (Å²) in [6, 6.07) is 14.3. The van der Waals surface area contributed by atoms with Crippen molar-refractivity contribution in [1.29, 1.82) is 0 Å². The summed E-state index contributed by atoms with van der Waals surface area (Å²) in [5.74, 6) is 1.77. The number of imidazole rings is 2. The number of hydrogen-bond acceptors (Lipinski definition) is 4. The summed E-state index contributed by atoms with van der Waals surface area (Å²) in [5, 5.41) is 3.38. The molecule has 136 valence electrons. The van der Waals surface area contributed by atoms with Gasteiger partial charge < -0.3 is 14.9 Å². The maximum Gasteiger partial charge on any atom is 0.126 e. The minimum absolute atomic E-state index is 0.751. The van der Waals surface area contributed by atoms with E-state index in [1.165, 1.54) is 5.56 Å². The Bertz CT molecular complexity index is 1030. The van der Waals surface area contributed by atoms with Gasteiger partial charge in [-0.1, -0.05) is 30.3 Å². The summed E-state index contributed by atoms with van der Waals surface area (Å²) in [7, 11) is 0. The minimum Gasteiger partial charge on any atom is -0.368 e. The predicted molar refractivity (Wildman–Crippen MR) is 107 cm³/mol. The van der Waals surface area contributed by atoms with Gasteiger partial charge in [-0.2, -0.15) is 0 Å². The zero-order valence-electron chi connectivity index (χ0n) is 15.5. The lowest BCUT2D eigenvalue weighted by Crippen LogP contribution is -2.11. The van der Waals surface area contributed by atoms with Crippen molar-refractivity contribution in [1.82, 2.24) is 24.5 Å². The normalized spacial score (nSPS) is 10.9. The van der Waals surface area contributed by atoms with Crippen molar-refractivity contribution in [3.63, 3.8) is 0 Å². The molecule has 1 aromatic carbocycles. The standard InChI is InChI=1S/C21H22N6/c1-15-8-9-22-19(12-15)23-10-11-27-14-25-20(17-6-4-3-5-7-17)21(27)18-13-24-16(2)26-18/h3-9,12-14H,10-11H2,1-2H3,(H,22,23)(H,24,26). The van der Waals surface area contributed by atoms with Crippen LogP contribution in [0.25, 0.3) is 22.6 Å². The Balaban J connectivity index is 1.61. The number of aromatic amines is 1. The maximum atomic E-state index is 4.68. The Morgan fingerprint density at radius 1 is 1.04 bits per heavy atom. The van der Waals surface area contributed by atoms with E-state index in [1.54, 1.807) is 0 Å². The summed E-state index contributed by atoms with van der Waals surface area (Å²) in [6.45, 7) is 5.54. The number of anilines is 1. The van der Waals surface area contributed by atoms with Crippen LogP contribution in [0.1, 0.15) is 11.4 Å². The SMILES string of the molecule is Cc1ccnc(NCCn2cnc(-c3ccccc3)c2-c2cnc(C)[nH]2)c1. The molecule has 3 heterocycles. The number of aromatic nitrogens is 5. The molecule has 0 aliphatic rings. The molecule has 27 heavy (non-hydrogen) atoms. The third kappa shape index (κ3) is 3.74. The summed E-state index contributed by atoms with van der Waals surface area (Å²) < 4.78 is 2.15. The van der Waals surface area contributed by atoms with Crippen LogP contribution < -0.4 is 5.32 Å². The summed E-state index contributed by atoms with van der Waals surface area (Å²) >= 11 is 0. The third-order valence-corrected chi connectivity index (χ3v) is 4.42. The van der Waals surface area contributed by atoms with E-state index in [0.717, 1.165) is 47.4 Å². The van der Waals surface area contributed by atoms with Crippen LogP contribution in [-0.4, -0.2) is 31.0 Å². The summed E-state index contributed by atoms with van der Waals surface area (Å²) in [6.07, 6.45) is 5.57. The van der Waals surface area contributed by atoms with Crippen molar-refractivity contribution in [2.24, 2.45) is 0 Å². The number of benzene rings is 1. The van der Waals surface area contributed by atoms with Crippen LogP contribution in [0, 0.1) is 13.8 Å². The second kappa shape index (κ2) is 7.45. The highest BCUT2D eigenvalue weighted by atomic mass is 15.1. The van der Waals surface area contributed by atoms with Crippen LogP contribution >= 0.6 is 0 Å². The first-order valence-corrected chi connectivity index (χ1v) is 9.00. The second-order valence-corrected chi connectivity index (χ2v) is 6.53. The molecule has 0 atom stereocenters. The molecule has 0 radical (unpaired) electrons. The van der Waals surface area contributed by atoms with E-state index in [2.05, 4.69) is 48.9 Å². The fourth-order valence-electron chi connectivity index (χ4n) is 3.12. The zero-order valence-corrected chi connectivity index (χ0v) is 15.5. The van der Waals surface area contributed by atoms with E-state index in [-0.39, 0.29) is 0 Å². The predicted octanol–water partition coefficient (Wildman–Crippen LogP) is 4.06. The number of aryl methyl sites for hydroxylation is 2. The molecule has 0 aliphatic heterocycles. The van der Waals surface area contributed by atoms with Crippen molar-refractivity contribution < 1.29 is 0 Å². The minimum atomic E-state index is 0.751. The topological polar surface area (TPSA) is 71.4 Å². The van der Waals surface area contributed by atoms with Crippen molar-refractivity contribution in [3.05, 3.63) is 72.6 Å². The Labute approximate surface area is 158 Å². The molecule has 3 aromatic heterocycles. The monoisotopic (exact) mass is 358 g/mol. The molecule has 0 aliphatic carbocycles. The number of pyridine rings is 1. The molecular weight excluding hydrogens is 336 g/mol. The van der Waals surface area contributed by atoms with Crippen molar-refractivity contribution in [2.45, 2.75) is 20.4 Å². The van der Waals surface area contributed by atoms with Gasteiger partial charge in [-0.25, -0.2) is 15.0 Å². The van der Waals surface area contributed by atoms with Gasteiger partial charge in [0.05, 0.1) is 29.6 Å². The van der Waals surface area contributed by atoms with Crippen LogP contribution in [0.5, 0.6) is 0 Å². The highest BCUT2D eigenvalue weighted by Crippen LogP contribution is 2.30. The fourth-order valence-corrected chi connectivity index (χ4v) is 3.12. The molecule has 4 rings (SSSR count). The summed E-state index contributed by atoms with van der Waals surface area (Å²) in [5.41, 5.74) is 5.24. The van der Waals surface area contributed by atoms with E-state index in [9.17, 15) is 0 Å². The Morgan fingerprint density at radius 2 is 1.89 bits per heavy atom. The molecule has 0 spiro atoms. The van der Waals surface area contributed by atoms with E-state index in [4.69, 9.17) is 0 Å². The van der Waals surface area contributed by atoms with Gasteiger partial charge in [-0.15, -0.1) is 0 Å². The lowest BCUT2D eigenvalue weighted by atomic mass is 10.1. The zero-order chi connectivity index (χ0) is 18.6. The van der Waals surface area contributed by atoms with Crippen molar-refractivity contribution in [3.8, 4) is 22.6 Å². The van der Waals surface area contributed by atoms with Gasteiger partial charge >= 0.3 is 0 Å². The van der Waals surface area contributed by atoms with Gasteiger partial charge in [0.2, 0.25) is 0 Å². The molecule has 6 nitrogen and oxygen atoms in total. The van der Waals surface area contributed by atoms with Crippen LogP contribution in [0.4, 0.5) is 5.82 Å². The van der Waals surface area contributed by atoms with Crippen LogP contribution in [0.15, 0.2) is 61.2 Å². The first-order valence-electron chi connectivity index (χ1n) is 9.00. The highest BCUT2D eigenvalue weighted by Gasteiger charge is 2.16. The fraction of sp³-hybridized carbons (Fsp3) is 0.190. The van der Waals surface area contributed by atoms with E-state index in [0.29, 0.717) is 0 Å². The first kappa shape index (κ1) is 17.0. The number of hydrogen-bond donors (Lipinski definition) is 2. The van der Waals surface area contributed by atoms with Gasteiger partial charge in [-0.05, 0) is 31.5 Å². The number of H-pyrrole nitrogens is 1. The smallest absolute Gasteiger partial charge is 0.126 e. The van der Waals surface area contributed by atoms with Crippen molar-refractivity contribution in [2.75, 3.05) is 11.9 Å². The Hall–Kier alpha value is -3.41. The van der Waals surface area contributed by atoms with Gasteiger partial charge in [0.15, 0.2) is 0 Å². The van der Waals surface area contributed by atoms with Gasteiger partial charge in [0, 0.05) is 24.8 Å². The highest BCUT2D eigenvalue weighted by molar-refractivity contribution is 5.76. The summed E-state index contributed by atoms with van der Waals surface area (Å²) in [4.78, 5) is 16.7. The molecule has 0 bridgehead atoms. The Kier molecular flexibility index (Phi) is 4.70. The second-order valence-electron chi connectivity index (χ2n) is 6.53. The molecule has 2 N–H and O–H groups in total. The van der Waals surface area contributed by atoms with E-state index in [1.807, 2.05) is 56.0 Å². The van der Waals surface area contributed by atoms with Gasteiger partial charge in [0.25, 0.3) is 0 Å². The lowest BCUT2D eigenvalue weighted by Gasteiger charge is -2.10. The largest absolute Gasteiger partial charge is 0.368 e. The van der Waals surface area contributed by atoms with E-state index < -0.39 is 0 Å². The molecule has 0 unspecified atom stereocenters. The van der Waals surface area contributed by atoms with Gasteiger partial charge in [0.1, 0.15) is 11.6 Å². The first-order chi connectivity index (χ1) is 13.2. The average molecular weight is 358 g/mol. The molecule has 4 aromatic rings. The van der Waals surface area contributed by atoms with Crippen LogP contribution in [-0.2, 0) is 6.54 Å². The van der Waals surface area contributed by atoms with Gasteiger partial charge in [-0.3, -0.25) is 0 Å². The molecule has 0 saturated heterocycles. The molecule has 0 saturated carbocycles.